The molecule has 0 aromatic carbocycles. The third-order valence-electron chi connectivity index (χ3n) is 3.68. The second-order valence-corrected chi connectivity index (χ2v) is 5.14. The van der Waals surface area contributed by atoms with Crippen LogP contribution in [0.4, 0.5) is 26.3 Å². The number of pyridine rings is 1. The molecular weight excluding hydrogens is 298 g/mol. The highest BCUT2D eigenvalue weighted by Gasteiger charge is 2.63. The maximum absolute atomic E-state index is 12.9. The van der Waals surface area contributed by atoms with E-state index in [2.05, 4.69) is 4.98 Å². The van der Waals surface area contributed by atoms with E-state index in [1.807, 2.05) is 0 Å². The fraction of sp³-hybridized carbons (Fsp3) is 0.538. The predicted octanol–water partition coefficient (Wildman–Crippen LogP) is 4.44. The maximum Gasteiger partial charge on any atom is 0.433 e. The lowest BCUT2D eigenvalue weighted by molar-refractivity contribution is -0.189. The van der Waals surface area contributed by atoms with E-state index >= 15 is 0 Å². The van der Waals surface area contributed by atoms with Crippen molar-refractivity contribution in [1.82, 2.24) is 4.98 Å². The number of hydrogen-bond acceptors (Lipinski definition) is 2. The molecule has 0 radical (unpaired) electrons. The molecule has 2 rings (SSSR count). The Balaban J connectivity index is 2.18. The zero-order chi connectivity index (χ0) is 15.9. The molecule has 1 atom stereocenters. The van der Waals surface area contributed by atoms with Gasteiger partial charge in [-0.05, 0) is 30.9 Å². The maximum atomic E-state index is 12.9. The van der Waals surface area contributed by atoms with Crippen molar-refractivity contribution in [3.63, 3.8) is 0 Å². The summed E-state index contributed by atoms with van der Waals surface area (Å²) in [5, 5.41) is 9.00. The van der Waals surface area contributed by atoms with E-state index < -0.39 is 35.8 Å². The number of aromatic nitrogens is 1. The Morgan fingerprint density at radius 1 is 1.19 bits per heavy atom. The van der Waals surface area contributed by atoms with E-state index in [-0.39, 0.29) is 18.4 Å². The van der Waals surface area contributed by atoms with Crippen molar-refractivity contribution in [3.8, 4) is 6.07 Å². The average Bonchev–Trinajstić information content (AvgIpc) is 3.15. The molecule has 0 saturated heterocycles. The predicted molar refractivity (Wildman–Crippen MR) is 59.9 cm³/mol. The summed E-state index contributed by atoms with van der Waals surface area (Å²) in [6, 6.07) is 3.41. The SMILES string of the molecule is N#CC(CC1(C(F)(F)F)CC1)c1ccc(C(F)(F)F)nc1. The number of rotatable bonds is 3. The molecule has 2 nitrogen and oxygen atoms in total. The fourth-order valence-electron chi connectivity index (χ4n) is 2.16. The van der Waals surface area contributed by atoms with Crippen molar-refractivity contribution in [3.05, 3.63) is 29.6 Å². The van der Waals surface area contributed by atoms with Crippen molar-refractivity contribution in [1.29, 1.82) is 5.26 Å². The molecule has 1 aliphatic rings. The Hall–Kier alpha value is -1.78. The van der Waals surface area contributed by atoms with Crippen LogP contribution in [0.5, 0.6) is 0 Å². The second-order valence-electron chi connectivity index (χ2n) is 5.14. The van der Waals surface area contributed by atoms with Gasteiger partial charge in [0.2, 0.25) is 0 Å². The molecule has 1 aromatic rings. The summed E-state index contributed by atoms with van der Waals surface area (Å²) in [6.45, 7) is 0. The molecule has 1 aromatic heterocycles. The first-order valence-corrected chi connectivity index (χ1v) is 6.08. The van der Waals surface area contributed by atoms with E-state index in [4.69, 9.17) is 5.26 Å². The number of nitrogens with zero attached hydrogens (tertiary/aromatic N) is 2. The normalized spacial score (nSPS) is 18.9. The monoisotopic (exact) mass is 308 g/mol. The molecular formula is C13H10F6N2. The van der Waals surface area contributed by atoms with Crippen LogP contribution in [0.1, 0.15) is 36.4 Å². The van der Waals surface area contributed by atoms with Crippen molar-refractivity contribution in [2.24, 2.45) is 5.41 Å². The van der Waals surface area contributed by atoms with Crippen LogP contribution >= 0.6 is 0 Å². The van der Waals surface area contributed by atoms with Gasteiger partial charge < -0.3 is 0 Å². The van der Waals surface area contributed by atoms with Crippen LogP contribution in [0.25, 0.3) is 0 Å². The first kappa shape index (κ1) is 15.6. The molecule has 1 saturated carbocycles. The van der Waals surface area contributed by atoms with Gasteiger partial charge in [-0.1, -0.05) is 6.07 Å². The van der Waals surface area contributed by atoms with Crippen LogP contribution in [-0.2, 0) is 6.18 Å². The molecule has 21 heavy (non-hydrogen) atoms. The largest absolute Gasteiger partial charge is 0.433 e. The smallest absolute Gasteiger partial charge is 0.251 e. The van der Waals surface area contributed by atoms with Crippen LogP contribution in [0.3, 0.4) is 0 Å². The second kappa shape index (κ2) is 4.90. The molecule has 1 heterocycles. The summed E-state index contributed by atoms with van der Waals surface area (Å²) in [7, 11) is 0. The minimum absolute atomic E-state index is 0.0528. The molecule has 0 bridgehead atoms. The van der Waals surface area contributed by atoms with Gasteiger partial charge in [-0.3, -0.25) is 4.98 Å². The Morgan fingerprint density at radius 2 is 1.81 bits per heavy atom. The molecule has 1 fully saturated rings. The minimum atomic E-state index is -4.62. The van der Waals surface area contributed by atoms with Crippen LogP contribution in [-0.4, -0.2) is 11.2 Å². The zero-order valence-corrected chi connectivity index (χ0v) is 10.6. The van der Waals surface area contributed by atoms with Gasteiger partial charge in [0.05, 0.1) is 17.4 Å². The molecule has 8 heteroatoms. The van der Waals surface area contributed by atoms with Crippen molar-refractivity contribution < 1.29 is 26.3 Å². The van der Waals surface area contributed by atoms with Gasteiger partial charge in [-0.2, -0.15) is 31.6 Å². The van der Waals surface area contributed by atoms with E-state index in [0.29, 0.717) is 6.07 Å². The minimum Gasteiger partial charge on any atom is -0.251 e. The standard InChI is InChI=1S/C13H10F6N2/c14-12(15,16)10-2-1-8(7-21-10)9(6-20)5-11(3-4-11)13(17,18)19/h1-2,7,9H,3-5H2. The summed E-state index contributed by atoms with van der Waals surface area (Å²) in [5.41, 5.74) is -2.95. The highest BCUT2D eigenvalue weighted by Crippen LogP contribution is 2.62. The quantitative estimate of drug-likeness (QED) is 0.774. The lowest BCUT2D eigenvalue weighted by atomic mass is 9.88. The summed E-state index contributed by atoms with van der Waals surface area (Å²) >= 11 is 0. The average molecular weight is 308 g/mol. The van der Waals surface area contributed by atoms with Crippen molar-refractivity contribution >= 4 is 0 Å². The lowest BCUT2D eigenvalue weighted by Crippen LogP contribution is -2.26. The Labute approximate surface area is 116 Å². The van der Waals surface area contributed by atoms with E-state index in [0.717, 1.165) is 12.3 Å². The number of hydrogen-bond donors (Lipinski definition) is 0. The van der Waals surface area contributed by atoms with Crippen LogP contribution in [0.15, 0.2) is 18.3 Å². The van der Waals surface area contributed by atoms with Crippen LogP contribution in [0.2, 0.25) is 0 Å². The molecule has 1 unspecified atom stereocenters. The van der Waals surface area contributed by atoms with Gasteiger partial charge in [0, 0.05) is 6.20 Å². The van der Waals surface area contributed by atoms with Gasteiger partial charge in [-0.25, -0.2) is 0 Å². The Bertz CT molecular complexity index is 548. The summed E-state index contributed by atoms with van der Waals surface area (Å²) < 4.78 is 75.7. The molecule has 0 spiro atoms. The number of halogens is 6. The first-order chi connectivity index (χ1) is 9.59. The van der Waals surface area contributed by atoms with Crippen molar-refractivity contribution in [2.45, 2.75) is 37.5 Å². The molecule has 0 amide bonds. The van der Waals surface area contributed by atoms with Gasteiger partial charge in [0.25, 0.3) is 0 Å². The number of nitriles is 1. The third-order valence-corrected chi connectivity index (χ3v) is 3.68. The fourth-order valence-corrected chi connectivity index (χ4v) is 2.16. The van der Waals surface area contributed by atoms with E-state index in [9.17, 15) is 26.3 Å². The van der Waals surface area contributed by atoms with Crippen LogP contribution < -0.4 is 0 Å². The van der Waals surface area contributed by atoms with Gasteiger partial charge in [0.15, 0.2) is 0 Å². The molecule has 0 aliphatic heterocycles. The zero-order valence-electron chi connectivity index (χ0n) is 10.6. The Kier molecular flexibility index (Phi) is 3.64. The molecule has 1 aliphatic carbocycles. The lowest BCUT2D eigenvalue weighted by Gasteiger charge is -2.21. The summed E-state index contributed by atoms with van der Waals surface area (Å²) in [5.74, 6) is -1.12. The Morgan fingerprint density at radius 3 is 2.14 bits per heavy atom. The van der Waals surface area contributed by atoms with Crippen LogP contribution in [0, 0.1) is 16.7 Å². The van der Waals surface area contributed by atoms with E-state index in [1.165, 1.54) is 0 Å². The molecule has 114 valence electrons. The summed E-state index contributed by atoms with van der Waals surface area (Å²) in [4.78, 5) is 3.17. The first-order valence-electron chi connectivity index (χ1n) is 6.08. The third kappa shape index (κ3) is 3.12. The van der Waals surface area contributed by atoms with Gasteiger partial charge in [0.1, 0.15) is 5.69 Å². The highest BCUT2D eigenvalue weighted by atomic mass is 19.4. The summed E-state index contributed by atoms with van der Waals surface area (Å²) in [6.07, 6.45) is -8.75. The highest BCUT2D eigenvalue weighted by molar-refractivity contribution is 5.26. The number of alkyl halides is 6. The van der Waals surface area contributed by atoms with Gasteiger partial charge in [-0.15, -0.1) is 0 Å². The van der Waals surface area contributed by atoms with E-state index in [1.54, 1.807) is 6.07 Å². The topological polar surface area (TPSA) is 36.7 Å². The van der Waals surface area contributed by atoms with Crippen molar-refractivity contribution in [2.75, 3.05) is 0 Å². The molecule has 0 N–H and O–H groups in total. The van der Waals surface area contributed by atoms with Gasteiger partial charge >= 0.3 is 12.4 Å².